The van der Waals surface area contributed by atoms with Gasteiger partial charge in [-0.05, 0) is 44.4 Å². The van der Waals surface area contributed by atoms with Gasteiger partial charge in [0, 0.05) is 6.04 Å². The largest absolute Gasteiger partial charge is 0.409 e. The second kappa shape index (κ2) is 5.81. The zero-order valence-corrected chi connectivity index (χ0v) is 14.1. The lowest BCUT2D eigenvalue weighted by molar-refractivity contribution is 0.0839. The molecule has 0 aromatic heterocycles. The Hall–Kier alpha value is -1.58. The molecule has 0 spiro atoms. The zero-order valence-electron chi connectivity index (χ0n) is 14.1. The lowest BCUT2D eigenvalue weighted by Crippen LogP contribution is -2.46. The van der Waals surface area contributed by atoms with Crippen molar-refractivity contribution in [3.05, 3.63) is 70.8 Å². The lowest BCUT2D eigenvalue weighted by atomic mass is 9.76. The Morgan fingerprint density at radius 1 is 0.913 bits per heavy atom. The number of hydrogen-bond acceptors (Lipinski definition) is 2. The van der Waals surface area contributed by atoms with Crippen molar-refractivity contribution in [3.8, 4) is 0 Å². The third-order valence-electron chi connectivity index (χ3n) is 5.50. The van der Waals surface area contributed by atoms with Crippen LogP contribution in [-0.4, -0.2) is 25.0 Å². The van der Waals surface area contributed by atoms with E-state index in [9.17, 15) is 0 Å². The average molecular weight is 305 g/mol. The molecule has 3 heteroatoms. The molecular formula is C20H24BNO. The molecule has 1 atom stereocenters. The van der Waals surface area contributed by atoms with Crippen LogP contribution >= 0.6 is 0 Å². The third kappa shape index (κ3) is 2.43. The second-order valence-corrected chi connectivity index (χ2v) is 7.07. The molecule has 23 heavy (non-hydrogen) atoms. The van der Waals surface area contributed by atoms with Crippen molar-refractivity contribution < 1.29 is 4.65 Å². The molecule has 0 radical (unpaired) electrons. The highest BCUT2D eigenvalue weighted by atomic mass is 16.5. The van der Waals surface area contributed by atoms with Gasteiger partial charge in [-0.2, -0.15) is 0 Å². The Labute approximate surface area is 139 Å². The van der Waals surface area contributed by atoms with Crippen LogP contribution in [0, 0.1) is 13.8 Å². The summed E-state index contributed by atoms with van der Waals surface area (Å²) in [6, 6.07) is 18.3. The van der Waals surface area contributed by atoms with Crippen LogP contribution in [0.25, 0.3) is 0 Å². The quantitative estimate of drug-likeness (QED) is 0.785. The van der Waals surface area contributed by atoms with Crippen LogP contribution in [0.2, 0.25) is 0 Å². The maximum atomic E-state index is 6.57. The highest BCUT2D eigenvalue weighted by Crippen LogP contribution is 2.46. The number of rotatable bonds is 2. The van der Waals surface area contributed by atoms with E-state index in [2.05, 4.69) is 67.2 Å². The van der Waals surface area contributed by atoms with Crippen LogP contribution in [0.5, 0.6) is 0 Å². The summed E-state index contributed by atoms with van der Waals surface area (Å²) in [6.45, 7) is 5.44. The lowest BCUT2D eigenvalue weighted by Gasteiger charge is -2.41. The normalized spacial score (nSPS) is 23.3. The SMILES string of the molecule is Cc1ccc(C2(c3ccc(C)cc3)OBN3CCCC[C@H]32)cc1. The predicted octanol–water partition coefficient (Wildman–Crippen LogP) is 3.70. The molecule has 0 bridgehead atoms. The molecule has 0 unspecified atom stereocenters. The summed E-state index contributed by atoms with van der Waals surface area (Å²) < 4.78 is 6.57. The third-order valence-corrected chi connectivity index (χ3v) is 5.50. The average Bonchev–Trinajstić information content (AvgIpc) is 2.97. The summed E-state index contributed by atoms with van der Waals surface area (Å²) in [4.78, 5) is 2.53. The number of fused-ring (bicyclic) bond motifs is 1. The molecule has 2 aromatic carbocycles. The molecule has 0 amide bonds. The van der Waals surface area contributed by atoms with Crippen molar-refractivity contribution in [1.82, 2.24) is 4.81 Å². The zero-order chi connectivity index (χ0) is 15.9. The monoisotopic (exact) mass is 305 g/mol. The molecule has 4 rings (SSSR count). The first-order chi connectivity index (χ1) is 11.2. The van der Waals surface area contributed by atoms with E-state index in [1.807, 2.05) is 0 Å². The van der Waals surface area contributed by atoms with Gasteiger partial charge >= 0.3 is 7.62 Å². The minimum absolute atomic E-state index is 0.318. The van der Waals surface area contributed by atoms with Gasteiger partial charge in [0.2, 0.25) is 0 Å². The summed E-state index contributed by atoms with van der Waals surface area (Å²) >= 11 is 0. The van der Waals surface area contributed by atoms with Crippen LogP contribution in [0.1, 0.15) is 41.5 Å². The minimum Gasteiger partial charge on any atom is -0.409 e. The Balaban J connectivity index is 1.86. The van der Waals surface area contributed by atoms with E-state index in [1.54, 1.807) is 0 Å². The molecule has 0 N–H and O–H groups in total. The highest BCUT2D eigenvalue weighted by molar-refractivity contribution is 6.25. The highest BCUT2D eigenvalue weighted by Gasteiger charge is 2.51. The minimum atomic E-state index is -0.318. The summed E-state index contributed by atoms with van der Waals surface area (Å²) in [5, 5.41) is 0. The molecule has 118 valence electrons. The van der Waals surface area contributed by atoms with Crippen molar-refractivity contribution in [3.63, 3.8) is 0 Å². The summed E-state index contributed by atoms with van der Waals surface area (Å²) in [6.07, 6.45) is 3.80. The predicted molar refractivity (Wildman–Crippen MR) is 95.7 cm³/mol. The van der Waals surface area contributed by atoms with Crippen LogP contribution in [0.15, 0.2) is 48.5 Å². The smallest absolute Gasteiger partial charge is 0.364 e. The Bertz CT molecular complexity index is 634. The topological polar surface area (TPSA) is 12.5 Å². The number of aryl methyl sites for hydroxylation is 2. The molecule has 2 fully saturated rings. The van der Waals surface area contributed by atoms with Crippen LogP contribution in [0.3, 0.4) is 0 Å². The van der Waals surface area contributed by atoms with Gasteiger partial charge in [-0.25, -0.2) is 0 Å². The van der Waals surface area contributed by atoms with E-state index in [0.29, 0.717) is 6.04 Å². The number of piperidine rings is 1. The number of benzene rings is 2. The van der Waals surface area contributed by atoms with Crippen molar-refractivity contribution in [1.29, 1.82) is 0 Å². The van der Waals surface area contributed by atoms with Gasteiger partial charge in [0.25, 0.3) is 0 Å². The second-order valence-electron chi connectivity index (χ2n) is 7.07. The van der Waals surface area contributed by atoms with Gasteiger partial charge in [0.05, 0.1) is 0 Å². The Morgan fingerprint density at radius 3 is 2.04 bits per heavy atom. The molecule has 0 aliphatic carbocycles. The maximum Gasteiger partial charge on any atom is 0.364 e. The van der Waals surface area contributed by atoms with Gasteiger partial charge < -0.3 is 9.47 Å². The van der Waals surface area contributed by atoms with E-state index >= 15 is 0 Å². The maximum absolute atomic E-state index is 6.57. The molecule has 2 aliphatic rings. The first kappa shape index (κ1) is 15.0. The first-order valence-electron chi connectivity index (χ1n) is 8.72. The van der Waals surface area contributed by atoms with Gasteiger partial charge in [0.15, 0.2) is 0 Å². The molecule has 0 saturated carbocycles. The van der Waals surface area contributed by atoms with E-state index in [0.717, 1.165) is 14.2 Å². The van der Waals surface area contributed by atoms with Crippen molar-refractivity contribution >= 4 is 7.62 Å². The van der Waals surface area contributed by atoms with Crippen LogP contribution in [0.4, 0.5) is 0 Å². The van der Waals surface area contributed by atoms with Crippen LogP contribution < -0.4 is 0 Å². The van der Waals surface area contributed by atoms with Crippen molar-refractivity contribution in [2.45, 2.75) is 44.8 Å². The fraction of sp³-hybridized carbons (Fsp3) is 0.400. The van der Waals surface area contributed by atoms with E-state index < -0.39 is 0 Å². The molecular weight excluding hydrogens is 281 g/mol. The van der Waals surface area contributed by atoms with E-state index in [-0.39, 0.29) is 5.60 Å². The Kier molecular flexibility index (Phi) is 3.78. The van der Waals surface area contributed by atoms with Gasteiger partial charge in [-0.15, -0.1) is 0 Å². The fourth-order valence-corrected chi connectivity index (χ4v) is 4.21. The van der Waals surface area contributed by atoms with Crippen LogP contribution in [-0.2, 0) is 10.3 Å². The van der Waals surface area contributed by atoms with E-state index in [1.165, 1.54) is 41.5 Å². The van der Waals surface area contributed by atoms with Gasteiger partial charge in [0.1, 0.15) is 5.60 Å². The summed E-state index contributed by atoms with van der Waals surface area (Å²) in [5.74, 6) is 0. The molecule has 2 saturated heterocycles. The number of nitrogens with zero attached hydrogens (tertiary/aromatic N) is 1. The standard InChI is InChI=1S/C20H24BNO/c1-15-6-10-17(11-7-15)20(18-12-8-16(2)9-13-18)19-5-3-4-14-22(19)21-23-20/h6-13,19,21H,3-5,14H2,1-2H3/t19-/m0/s1. The Morgan fingerprint density at radius 2 is 1.48 bits per heavy atom. The number of hydrogen-bond donors (Lipinski definition) is 0. The summed E-state index contributed by atoms with van der Waals surface area (Å²) in [7, 11) is 0.742. The van der Waals surface area contributed by atoms with Gasteiger partial charge in [-0.1, -0.05) is 66.1 Å². The van der Waals surface area contributed by atoms with E-state index in [4.69, 9.17) is 4.65 Å². The molecule has 2 aromatic rings. The molecule has 2 nitrogen and oxygen atoms in total. The first-order valence-corrected chi connectivity index (χ1v) is 8.72. The summed E-state index contributed by atoms with van der Waals surface area (Å²) in [5.41, 5.74) is 4.86. The van der Waals surface area contributed by atoms with Crippen molar-refractivity contribution in [2.24, 2.45) is 0 Å². The molecule has 2 heterocycles. The molecule has 2 aliphatic heterocycles. The fourth-order valence-electron chi connectivity index (χ4n) is 4.21. The van der Waals surface area contributed by atoms with Crippen molar-refractivity contribution in [2.75, 3.05) is 6.54 Å². The van der Waals surface area contributed by atoms with Gasteiger partial charge in [-0.3, -0.25) is 0 Å².